The molecule has 2 aliphatic rings. The van der Waals surface area contributed by atoms with Crippen molar-refractivity contribution >= 4 is 35.1 Å². The molecule has 0 saturated heterocycles. The van der Waals surface area contributed by atoms with Crippen molar-refractivity contribution in [2.24, 2.45) is 22.7 Å². The zero-order chi connectivity index (χ0) is 21.8. The van der Waals surface area contributed by atoms with Gasteiger partial charge in [0, 0.05) is 5.41 Å². The standard InChI is InChI=1S/C22H29ClN2O4/c1-20(2,3)29-19(28)24-25(15-10-8-7-9-14(15)23)18(27)16-13-11-12-22(6,17(16)26)21(13,4)5/h7-10,13,16H,11-12H2,1-6H3,(H,24,28)/t13-,16?,22+/m0/s1. The first-order chi connectivity index (χ1) is 13.3. The van der Waals surface area contributed by atoms with Crippen LogP contribution in [0.2, 0.25) is 5.02 Å². The Bertz CT molecular complexity index is 861. The van der Waals surface area contributed by atoms with Crippen LogP contribution in [0, 0.1) is 22.7 Å². The van der Waals surface area contributed by atoms with Crippen LogP contribution in [0.5, 0.6) is 0 Å². The number of hydrogen-bond acceptors (Lipinski definition) is 4. The van der Waals surface area contributed by atoms with Gasteiger partial charge in [0.05, 0.1) is 10.7 Å². The maximum atomic E-state index is 13.6. The Morgan fingerprint density at radius 1 is 1.21 bits per heavy atom. The van der Waals surface area contributed by atoms with Crippen molar-refractivity contribution < 1.29 is 19.1 Å². The third kappa shape index (κ3) is 3.52. The number of rotatable bonds is 2. The summed E-state index contributed by atoms with van der Waals surface area (Å²) in [6.45, 7) is 11.3. The molecule has 6 nitrogen and oxygen atoms in total. The highest BCUT2D eigenvalue weighted by Crippen LogP contribution is 2.66. The molecule has 7 heteroatoms. The Morgan fingerprint density at radius 2 is 1.83 bits per heavy atom. The number of hydrogen-bond donors (Lipinski definition) is 1. The van der Waals surface area contributed by atoms with Gasteiger partial charge < -0.3 is 4.74 Å². The molecule has 0 spiro atoms. The quantitative estimate of drug-likeness (QED) is 0.553. The van der Waals surface area contributed by atoms with E-state index in [2.05, 4.69) is 19.3 Å². The number of Topliss-reactive ketones (excluding diaryl/α,β-unsaturated/α-hetero) is 1. The van der Waals surface area contributed by atoms with Crippen LogP contribution in [0.15, 0.2) is 24.3 Å². The van der Waals surface area contributed by atoms with Gasteiger partial charge in [0.25, 0.3) is 5.91 Å². The molecule has 1 unspecified atom stereocenters. The van der Waals surface area contributed by atoms with E-state index in [0.29, 0.717) is 5.69 Å². The summed E-state index contributed by atoms with van der Waals surface area (Å²) in [6, 6.07) is 6.70. The summed E-state index contributed by atoms with van der Waals surface area (Å²) in [5.74, 6) is -1.45. The fourth-order valence-corrected chi connectivity index (χ4v) is 4.99. The van der Waals surface area contributed by atoms with Crippen molar-refractivity contribution in [3.8, 4) is 0 Å². The average Bonchev–Trinajstić information content (AvgIpc) is 2.90. The molecule has 0 radical (unpaired) electrons. The summed E-state index contributed by atoms with van der Waals surface area (Å²) in [4.78, 5) is 39.3. The van der Waals surface area contributed by atoms with Crippen molar-refractivity contribution in [2.75, 3.05) is 5.01 Å². The molecule has 1 aromatic rings. The molecule has 2 aliphatic carbocycles. The highest BCUT2D eigenvalue weighted by Gasteiger charge is 2.68. The third-order valence-electron chi connectivity index (χ3n) is 6.71. The number of ether oxygens (including phenoxy) is 1. The predicted octanol–water partition coefficient (Wildman–Crippen LogP) is 4.75. The summed E-state index contributed by atoms with van der Waals surface area (Å²) < 4.78 is 5.32. The summed E-state index contributed by atoms with van der Waals surface area (Å²) in [5.41, 5.74) is 1.25. The molecule has 1 N–H and O–H groups in total. The SMILES string of the molecule is CC(C)(C)OC(=O)NN(C(=O)C1C(=O)[C@@]2(C)CC[C@@H]1C2(C)C)c1ccccc1Cl. The molecule has 3 rings (SSSR count). The number of nitrogens with zero attached hydrogens (tertiary/aromatic N) is 1. The average molecular weight is 421 g/mol. The van der Waals surface area contributed by atoms with Crippen LogP contribution in [-0.2, 0) is 14.3 Å². The van der Waals surface area contributed by atoms with E-state index in [1.165, 1.54) is 0 Å². The first kappa shape index (κ1) is 21.6. The van der Waals surface area contributed by atoms with E-state index in [1.54, 1.807) is 45.0 Å². The van der Waals surface area contributed by atoms with Crippen LogP contribution in [0.25, 0.3) is 0 Å². The van der Waals surface area contributed by atoms with Gasteiger partial charge in [0.15, 0.2) is 5.78 Å². The van der Waals surface area contributed by atoms with Crippen LogP contribution >= 0.6 is 11.6 Å². The monoisotopic (exact) mass is 420 g/mol. The van der Waals surface area contributed by atoms with E-state index in [1.807, 2.05) is 6.92 Å². The zero-order valence-corrected chi connectivity index (χ0v) is 18.6. The first-order valence-electron chi connectivity index (χ1n) is 9.92. The van der Waals surface area contributed by atoms with Crippen molar-refractivity contribution in [3.63, 3.8) is 0 Å². The Labute approximate surface area is 176 Å². The lowest BCUT2D eigenvalue weighted by atomic mass is 9.70. The Hall–Kier alpha value is -2.08. The second kappa shape index (κ2) is 7.01. The summed E-state index contributed by atoms with van der Waals surface area (Å²) in [5, 5.41) is 1.37. The lowest BCUT2D eigenvalue weighted by Gasteiger charge is -2.32. The molecule has 2 amide bonds. The number of hydrazine groups is 1. The summed E-state index contributed by atoms with van der Waals surface area (Å²) in [7, 11) is 0. The minimum atomic E-state index is -0.824. The van der Waals surface area contributed by atoms with Gasteiger partial charge in [-0.25, -0.2) is 15.2 Å². The maximum Gasteiger partial charge on any atom is 0.427 e. The van der Waals surface area contributed by atoms with Gasteiger partial charge in [-0.05, 0) is 57.1 Å². The van der Waals surface area contributed by atoms with Crippen molar-refractivity contribution in [2.45, 2.75) is 60.0 Å². The van der Waals surface area contributed by atoms with Gasteiger partial charge in [-0.15, -0.1) is 0 Å². The Morgan fingerprint density at radius 3 is 2.34 bits per heavy atom. The molecule has 0 heterocycles. The Kier molecular flexibility index (Phi) is 5.23. The zero-order valence-electron chi connectivity index (χ0n) is 17.8. The molecular weight excluding hydrogens is 392 g/mol. The van der Waals surface area contributed by atoms with E-state index in [4.69, 9.17) is 16.3 Å². The molecule has 3 atom stereocenters. The Balaban J connectivity index is 1.97. The highest BCUT2D eigenvalue weighted by molar-refractivity contribution is 6.34. The molecule has 1 aromatic carbocycles. The largest absolute Gasteiger partial charge is 0.443 e. The minimum Gasteiger partial charge on any atom is -0.443 e. The van der Waals surface area contributed by atoms with E-state index in [-0.39, 0.29) is 22.1 Å². The van der Waals surface area contributed by atoms with Gasteiger partial charge in [0.2, 0.25) is 0 Å². The number of carbonyl (C=O) groups is 3. The van der Waals surface area contributed by atoms with Crippen LogP contribution < -0.4 is 10.4 Å². The van der Waals surface area contributed by atoms with Gasteiger partial charge in [-0.1, -0.05) is 44.5 Å². The van der Waals surface area contributed by atoms with E-state index in [9.17, 15) is 14.4 Å². The van der Waals surface area contributed by atoms with Crippen molar-refractivity contribution in [3.05, 3.63) is 29.3 Å². The van der Waals surface area contributed by atoms with Crippen LogP contribution in [-0.4, -0.2) is 23.4 Å². The maximum absolute atomic E-state index is 13.6. The van der Waals surface area contributed by atoms with Crippen LogP contribution in [0.3, 0.4) is 0 Å². The molecule has 29 heavy (non-hydrogen) atoms. The van der Waals surface area contributed by atoms with Gasteiger partial charge in [-0.2, -0.15) is 0 Å². The second-order valence-electron chi connectivity index (χ2n) is 9.78. The fourth-order valence-electron chi connectivity index (χ4n) is 4.77. The third-order valence-corrected chi connectivity index (χ3v) is 7.03. The number of ketones is 1. The fraction of sp³-hybridized carbons (Fsp3) is 0.591. The van der Waals surface area contributed by atoms with E-state index >= 15 is 0 Å². The van der Waals surface area contributed by atoms with E-state index < -0.39 is 28.9 Å². The molecule has 2 bridgehead atoms. The second-order valence-corrected chi connectivity index (χ2v) is 10.2. The summed E-state index contributed by atoms with van der Waals surface area (Å²) in [6.07, 6.45) is 0.791. The smallest absolute Gasteiger partial charge is 0.427 e. The lowest BCUT2D eigenvalue weighted by molar-refractivity contribution is -0.138. The predicted molar refractivity (Wildman–Crippen MR) is 111 cm³/mol. The molecule has 0 aromatic heterocycles. The molecular formula is C22H29ClN2O4. The van der Waals surface area contributed by atoms with Crippen molar-refractivity contribution in [1.29, 1.82) is 0 Å². The number of halogens is 1. The van der Waals surface area contributed by atoms with Crippen LogP contribution in [0.4, 0.5) is 10.5 Å². The van der Waals surface area contributed by atoms with E-state index in [0.717, 1.165) is 17.9 Å². The first-order valence-corrected chi connectivity index (χ1v) is 10.3. The number of anilines is 1. The lowest BCUT2D eigenvalue weighted by Crippen LogP contribution is -2.53. The number of amides is 2. The molecule has 2 saturated carbocycles. The van der Waals surface area contributed by atoms with Crippen molar-refractivity contribution in [1.82, 2.24) is 5.43 Å². The molecule has 158 valence electrons. The van der Waals surface area contributed by atoms with Crippen LogP contribution in [0.1, 0.15) is 54.4 Å². The number of benzene rings is 1. The summed E-state index contributed by atoms with van der Waals surface area (Å²) >= 11 is 6.31. The number of carbonyl (C=O) groups excluding carboxylic acids is 3. The number of fused-ring (bicyclic) bond motifs is 2. The van der Waals surface area contributed by atoms with Gasteiger partial charge in [0.1, 0.15) is 11.5 Å². The highest BCUT2D eigenvalue weighted by atomic mass is 35.5. The number of nitrogens with one attached hydrogen (secondary N) is 1. The normalized spacial score (nSPS) is 27.6. The molecule has 2 fully saturated rings. The van der Waals surface area contributed by atoms with Gasteiger partial charge >= 0.3 is 6.09 Å². The topological polar surface area (TPSA) is 75.7 Å². The molecule has 0 aliphatic heterocycles. The number of para-hydroxylation sites is 1. The van der Waals surface area contributed by atoms with Gasteiger partial charge in [-0.3, -0.25) is 9.59 Å². The minimum absolute atomic E-state index is 0.0632.